The summed E-state index contributed by atoms with van der Waals surface area (Å²) >= 11 is 6.12. The average Bonchev–Trinajstić information content (AvgIpc) is 2.48. The van der Waals surface area contributed by atoms with Crippen LogP contribution in [0.4, 0.5) is 0 Å². The summed E-state index contributed by atoms with van der Waals surface area (Å²) in [6.45, 7) is 7.95. The minimum Gasteiger partial charge on any atom is -0.492 e. The fourth-order valence-corrected chi connectivity index (χ4v) is 4.90. The van der Waals surface area contributed by atoms with Crippen LogP contribution in [0.2, 0.25) is 5.02 Å². The molecule has 6 heteroatoms. The van der Waals surface area contributed by atoms with Crippen LogP contribution in [0.15, 0.2) is 23.1 Å². The van der Waals surface area contributed by atoms with E-state index >= 15 is 0 Å². The molecule has 2 rings (SSSR count). The zero-order valence-electron chi connectivity index (χ0n) is 14.1. The van der Waals surface area contributed by atoms with Gasteiger partial charge in [-0.2, -0.15) is 4.31 Å². The molecule has 0 saturated carbocycles. The van der Waals surface area contributed by atoms with Crippen molar-refractivity contribution in [1.82, 2.24) is 4.31 Å². The van der Waals surface area contributed by atoms with Crippen LogP contribution >= 0.6 is 11.6 Å². The number of nitrogens with zero attached hydrogens (tertiary/aromatic N) is 1. The first-order chi connectivity index (χ1) is 10.8. The zero-order valence-corrected chi connectivity index (χ0v) is 15.7. The van der Waals surface area contributed by atoms with Crippen molar-refractivity contribution in [2.45, 2.75) is 44.9 Å². The molecular weight excluding hydrogens is 334 g/mol. The highest BCUT2D eigenvalue weighted by Gasteiger charge is 2.32. The fraction of sp³-hybridized carbons (Fsp3) is 0.647. The Labute approximate surface area is 144 Å². The van der Waals surface area contributed by atoms with E-state index in [1.165, 1.54) is 0 Å². The SMILES string of the molecule is CCCCOc1cc(S(=O)(=O)N2C[C@@H](C)C[C@H](C)C2)ccc1Cl. The number of sulfonamides is 1. The third kappa shape index (κ3) is 4.61. The van der Waals surface area contributed by atoms with Gasteiger partial charge >= 0.3 is 0 Å². The quantitative estimate of drug-likeness (QED) is 0.715. The molecule has 1 heterocycles. The van der Waals surface area contributed by atoms with Crippen LogP contribution in [0.5, 0.6) is 5.75 Å². The molecule has 4 nitrogen and oxygen atoms in total. The molecule has 1 aromatic rings. The number of hydrogen-bond donors (Lipinski definition) is 0. The van der Waals surface area contributed by atoms with Gasteiger partial charge in [-0.1, -0.05) is 38.8 Å². The molecule has 1 aliphatic heterocycles. The highest BCUT2D eigenvalue weighted by atomic mass is 35.5. The van der Waals surface area contributed by atoms with Crippen molar-refractivity contribution in [2.75, 3.05) is 19.7 Å². The molecule has 1 aliphatic rings. The minimum absolute atomic E-state index is 0.259. The lowest BCUT2D eigenvalue weighted by molar-refractivity contribution is 0.222. The van der Waals surface area contributed by atoms with Gasteiger partial charge in [0.25, 0.3) is 0 Å². The summed E-state index contributed by atoms with van der Waals surface area (Å²) in [5, 5.41) is 0.445. The first kappa shape index (κ1) is 18.6. The van der Waals surface area contributed by atoms with Gasteiger partial charge in [0, 0.05) is 19.2 Å². The predicted molar refractivity (Wildman–Crippen MR) is 93.6 cm³/mol. The highest BCUT2D eigenvalue weighted by Crippen LogP contribution is 2.31. The molecular formula is C17H26ClNO3S. The Morgan fingerprint density at radius 2 is 1.91 bits per heavy atom. The van der Waals surface area contributed by atoms with Gasteiger partial charge in [0.1, 0.15) is 5.75 Å². The highest BCUT2D eigenvalue weighted by molar-refractivity contribution is 7.89. The Balaban J connectivity index is 2.23. The van der Waals surface area contributed by atoms with Crippen LogP contribution in [-0.2, 0) is 10.0 Å². The molecule has 0 aliphatic carbocycles. The van der Waals surface area contributed by atoms with Crippen molar-refractivity contribution in [2.24, 2.45) is 11.8 Å². The van der Waals surface area contributed by atoms with E-state index in [-0.39, 0.29) is 4.90 Å². The molecule has 0 aromatic heterocycles. The summed E-state index contributed by atoms with van der Waals surface area (Å²) in [5.41, 5.74) is 0. The normalized spacial score (nSPS) is 23.0. The number of rotatable bonds is 6. The van der Waals surface area contributed by atoms with Crippen LogP contribution in [0.1, 0.15) is 40.0 Å². The van der Waals surface area contributed by atoms with E-state index < -0.39 is 10.0 Å². The summed E-state index contributed by atoms with van der Waals surface area (Å²) in [6.07, 6.45) is 2.99. The van der Waals surface area contributed by atoms with Crippen LogP contribution in [-0.4, -0.2) is 32.4 Å². The van der Waals surface area contributed by atoms with E-state index in [2.05, 4.69) is 20.8 Å². The molecule has 0 spiro atoms. The number of halogens is 1. The molecule has 130 valence electrons. The van der Waals surface area contributed by atoms with E-state index in [4.69, 9.17) is 16.3 Å². The second-order valence-corrected chi connectivity index (χ2v) is 8.91. The van der Waals surface area contributed by atoms with Crippen molar-refractivity contribution in [1.29, 1.82) is 0 Å². The van der Waals surface area contributed by atoms with Crippen LogP contribution < -0.4 is 4.74 Å². The van der Waals surface area contributed by atoms with Gasteiger partial charge < -0.3 is 4.74 Å². The molecule has 0 N–H and O–H groups in total. The molecule has 0 unspecified atom stereocenters. The van der Waals surface area contributed by atoms with Crippen molar-refractivity contribution < 1.29 is 13.2 Å². The second-order valence-electron chi connectivity index (χ2n) is 6.56. The summed E-state index contributed by atoms with van der Waals surface area (Å²) in [6, 6.07) is 4.72. The average molecular weight is 360 g/mol. The van der Waals surface area contributed by atoms with Gasteiger partial charge in [0.05, 0.1) is 16.5 Å². The van der Waals surface area contributed by atoms with E-state index in [0.29, 0.717) is 42.3 Å². The van der Waals surface area contributed by atoms with E-state index in [9.17, 15) is 8.42 Å². The second kappa shape index (κ2) is 7.86. The Morgan fingerprint density at radius 3 is 2.52 bits per heavy atom. The summed E-state index contributed by atoms with van der Waals surface area (Å²) in [5.74, 6) is 1.20. The maximum atomic E-state index is 12.9. The fourth-order valence-electron chi connectivity index (χ4n) is 3.03. The largest absolute Gasteiger partial charge is 0.492 e. The number of piperidine rings is 1. The predicted octanol–water partition coefficient (Wildman–Crippen LogP) is 4.19. The van der Waals surface area contributed by atoms with E-state index in [1.54, 1.807) is 22.5 Å². The Bertz CT molecular complexity index is 623. The van der Waals surface area contributed by atoms with Gasteiger partial charge in [-0.25, -0.2) is 8.42 Å². The molecule has 2 atom stereocenters. The topological polar surface area (TPSA) is 46.6 Å². The Hall–Kier alpha value is -0.780. The third-order valence-electron chi connectivity index (χ3n) is 4.13. The lowest BCUT2D eigenvalue weighted by Gasteiger charge is -2.34. The van der Waals surface area contributed by atoms with E-state index in [1.807, 2.05) is 0 Å². The minimum atomic E-state index is -3.50. The zero-order chi connectivity index (χ0) is 17.0. The number of unbranched alkanes of at least 4 members (excludes halogenated alkanes) is 1. The van der Waals surface area contributed by atoms with Gasteiger partial charge in [0.2, 0.25) is 10.0 Å². The standard InChI is InChI=1S/C17H26ClNO3S/c1-4-5-8-22-17-10-15(6-7-16(17)18)23(20,21)19-11-13(2)9-14(3)12-19/h6-7,10,13-14H,4-5,8-9,11-12H2,1-3H3/t13-,14-/m0/s1. The maximum Gasteiger partial charge on any atom is 0.243 e. The van der Waals surface area contributed by atoms with Crippen LogP contribution in [0.25, 0.3) is 0 Å². The first-order valence-corrected chi connectivity index (χ1v) is 10.1. The summed E-state index contributed by atoms with van der Waals surface area (Å²) < 4.78 is 33.0. The van der Waals surface area contributed by atoms with Crippen LogP contribution in [0.3, 0.4) is 0 Å². The van der Waals surface area contributed by atoms with Gasteiger partial charge in [-0.3, -0.25) is 0 Å². The number of hydrogen-bond acceptors (Lipinski definition) is 3. The maximum absolute atomic E-state index is 12.9. The number of ether oxygens (including phenoxy) is 1. The molecule has 0 radical (unpaired) electrons. The van der Waals surface area contributed by atoms with Gasteiger partial charge in [0.15, 0.2) is 0 Å². The molecule has 1 saturated heterocycles. The van der Waals surface area contributed by atoms with Crippen molar-refractivity contribution in [3.63, 3.8) is 0 Å². The molecule has 23 heavy (non-hydrogen) atoms. The van der Waals surface area contributed by atoms with Crippen LogP contribution in [0, 0.1) is 11.8 Å². The monoisotopic (exact) mass is 359 g/mol. The lowest BCUT2D eigenvalue weighted by Crippen LogP contribution is -2.42. The number of benzene rings is 1. The lowest BCUT2D eigenvalue weighted by atomic mass is 9.94. The smallest absolute Gasteiger partial charge is 0.243 e. The van der Waals surface area contributed by atoms with E-state index in [0.717, 1.165) is 19.3 Å². The summed E-state index contributed by atoms with van der Waals surface area (Å²) in [4.78, 5) is 0.259. The van der Waals surface area contributed by atoms with Gasteiger partial charge in [-0.05, 0) is 36.8 Å². The molecule has 1 fully saturated rings. The van der Waals surface area contributed by atoms with Crippen molar-refractivity contribution in [3.8, 4) is 5.75 Å². The third-order valence-corrected chi connectivity index (χ3v) is 6.27. The first-order valence-electron chi connectivity index (χ1n) is 8.27. The van der Waals surface area contributed by atoms with Crippen molar-refractivity contribution >= 4 is 21.6 Å². The van der Waals surface area contributed by atoms with Gasteiger partial charge in [-0.15, -0.1) is 0 Å². The molecule has 0 amide bonds. The Morgan fingerprint density at radius 1 is 1.26 bits per heavy atom. The van der Waals surface area contributed by atoms with Crippen molar-refractivity contribution in [3.05, 3.63) is 23.2 Å². The summed E-state index contributed by atoms with van der Waals surface area (Å²) in [7, 11) is -3.50. The molecule has 0 bridgehead atoms. The molecule has 1 aromatic carbocycles. The Kier molecular flexibility index (Phi) is 6.34.